The average Bonchev–Trinajstić information content (AvgIpc) is 3.98. The number of ether oxygens (including phenoxy) is 4. The number of carbonyl (C=O) groups excluding carboxylic acids is 2. The van der Waals surface area contributed by atoms with Crippen LogP contribution in [0.4, 0.5) is 11.4 Å². The van der Waals surface area contributed by atoms with Crippen LogP contribution in [0.15, 0.2) is 84.5 Å². The van der Waals surface area contributed by atoms with E-state index in [2.05, 4.69) is 76.0 Å². The zero-order valence-corrected chi connectivity index (χ0v) is 38.8. The molecule has 4 aromatic rings. The van der Waals surface area contributed by atoms with E-state index >= 15 is 4.79 Å². The molecule has 1 spiro atoms. The van der Waals surface area contributed by atoms with E-state index in [1.165, 1.54) is 31.7 Å². The fraction of sp³-hybridized carbons (Fsp3) is 0.500. The summed E-state index contributed by atoms with van der Waals surface area (Å²) in [4.78, 5) is 50.7. The van der Waals surface area contributed by atoms with Gasteiger partial charge in [0.1, 0.15) is 22.9 Å². The van der Waals surface area contributed by atoms with Gasteiger partial charge < -0.3 is 33.9 Å². The molecule has 5 aliphatic heterocycles. The predicted molar refractivity (Wildman–Crippen MR) is 250 cm³/mol. The molecule has 1 aliphatic carbocycles. The van der Waals surface area contributed by atoms with Crippen LogP contribution >= 0.6 is 0 Å². The standard InChI is InChI=1S/C52H61N5O9/c1-7-33-24-35-27-51(48(59)64-6,44-38(18-22-55(28-33)29-35)37-12-9-10-13-41(37)53-44)40-25-39-42(26-43(40)63-5)54(4)46-50(39)20-23-56-21-11-19-49(8-2,45(50)56)47(66-32(3)58)52(46,60)31-65-30-34-14-16-36(17-15-34)57(61)62/h9-17,19,24-26,35,45-47,53,60H,7-8,18,20-23,27-31H2,1-6H3/t35-,45+,46+,47+,49+,50-,51-,52-/m0/s1. The number of likely N-dealkylation sites (N-methyl/N-ethyl adjacent to an activating group) is 1. The van der Waals surface area contributed by atoms with Gasteiger partial charge in [-0.1, -0.05) is 55.8 Å². The van der Waals surface area contributed by atoms with E-state index in [0.29, 0.717) is 42.7 Å². The van der Waals surface area contributed by atoms with Crippen molar-refractivity contribution in [2.24, 2.45) is 11.3 Å². The van der Waals surface area contributed by atoms with Gasteiger partial charge in [-0.2, -0.15) is 0 Å². The number of hydrogen-bond acceptors (Lipinski definition) is 12. The van der Waals surface area contributed by atoms with Crippen LogP contribution in [0.5, 0.6) is 5.75 Å². The number of aromatic amines is 1. The number of fused-ring (bicyclic) bond motifs is 6. The lowest BCUT2D eigenvalue weighted by molar-refractivity contribution is -0.384. The van der Waals surface area contributed by atoms with E-state index in [4.69, 9.17) is 18.9 Å². The number of H-pyrrole nitrogens is 1. The van der Waals surface area contributed by atoms with E-state index in [9.17, 15) is 20.0 Å². The fourth-order valence-electron chi connectivity index (χ4n) is 14.0. The summed E-state index contributed by atoms with van der Waals surface area (Å²) in [7, 11) is 5.12. The van der Waals surface area contributed by atoms with Gasteiger partial charge in [0.05, 0.1) is 38.4 Å². The molecule has 1 unspecified atom stereocenters. The number of hydrogen-bond donors (Lipinski definition) is 2. The largest absolute Gasteiger partial charge is 0.496 e. The maximum atomic E-state index is 15.5. The summed E-state index contributed by atoms with van der Waals surface area (Å²) in [6, 6.07) is 17.9. The normalized spacial score (nSPS) is 32.0. The molecule has 6 heterocycles. The quantitative estimate of drug-likeness (QED) is 0.0707. The summed E-state index contributed by atoms with van der Waals surface area (Å²) < 4.78 is 25.4. The lowest BCUT2D eigenvalue weighted by atomic mass is 9.47. The highest BCUT2D eigenvalue weighted by Gasteiger charge is 2.78. The SMILES string of the molecule is CCC1=C[C@@H]2CN(CCc3c([nH]c4ccccc34)[C@@](C(=O)OC)(c3cc4c(cc3OC)N(C)[C@H]3[C@@](O)(COCc5ccc([N+](=O)[O-])cc5)[C@H](OC(C)=O)[C@]5(CC)C=CCN6CC[C@@]43[C@H]65)C2)C1. The molecular formula is C52H61N5O9. The molecule has 2 N–H and O–H groups in total. The van der Waals surface area contributed by atoms with Crippen LogP contribution in [0, 0.1) is 21.4 Å². The maximum absolute atomic E-state index is 15.5. The molecule has 14 heteroatoms. The minimum Gasteiger partial charge on any atom is -0.496 e. The van der Waals surface area contributed by atoms with Crippen molar-refractivity contribution in [3.05, 3.63) is 123 Å². The number of nitro groups is 1. The molecule has 14 nitrogen and oxygen atoms in total. The van der Waals surface area contributed by atoms with Gasteiger partial charge in [-0.3, -0.25) is 29.5 Å². The Balaban J connectivity index is 1.21. The Bertz CT molecular complexity index is 2660. The molecule has 1 saturated heterocycles. The molecular weight excluding hydrogens is 839 g/mol. The minimum atomic E-state index is -1.78. The van der Waals surface area contributed by atoms with E-state index in [-0.39, 0.29) is 36.8 Å². The van der Waals surface area contributed by atoms with Gasteiger partial charge in [0.15, 0.2) is 0 Å². The highest BCUT2D eigenvalue weighted by Crippen LogP contribution is 2.68. The van der Waals surface area contributed by atoms with Crippen molar-refractivity contribution in [3.63, 3.8) is 0 Å². The Hall–Kier alpha value is -5.54. The van der Waals surface area contributed by atoms with Crippen LogP contribution in [0.25, 0.3) is 10.9 Å². The fourth-order valence-corrected chi connectivity index (χ4v) is 14.0. The summed E-state index contributed by atoms with van der Waals surface area (Å²) in [5.74, 6) is -0.319. The molecule has 2 bridgehead atoms. The first kappa shape index (κ1) is 44.3. The number of benzene rings is 3. The topological polar surface area (TPSA) is 160 Å². The second kappa shape index (κ2) is 16.4. The van der Waals surface area contributed by atoms with Crippen LogP contribution in [0.2, 0.25) is 0 Å². The number of anilines is 1. The maximum Gasteiger partial charge on any atom is 0.322 e. The zero-order valence-electron chi connectivity index (χ0n) is 38.8. The first-order valence-electron chi connectivity index (χ1n) is 23.5. The number of para-hydroxylation sites is 1. The van der Waals surface area contributed by atoms with Crippen molar-refractivity contribution in [2.75, 3.05) is 65.5 Å². The Morgan fingerprint density at radius 1 is 1.03 bits per heavy atom. The van der Waals surface area contributed by atoms with Crippen LogP contribution in [-0.2, 0) is 47.7 Å². The van der Waals surface area contributed by atoms with Gasteiger partial charge in [-0.25, -0.2) is 0 Å². The Morgan fingerprint density at radius 2 is 1.82 bits per heavy atom. The molecule has 6 aliphatic rings. The summed E-state index contributed by atoms with van der Waals surface area (Å²) >= 11 is 0. The number of rotatable bonds is 11. The Morgan fingerprint density at radius 3 is 2.53 bits per heavy atom. The molecule has 1 aromatic heterocycles. The molecule has 0 radical (unpaired) electrons. The van der Waals surface area contributed by atoms with E-state index < -0.39 is 44.9 Å². The number of methoxy groups -OCH3 is 2. The third-order valence-corrected chi connectivity index (χ3v) is 16.4. The Labute approximate surface area is 385 Å². The molecule has 9 atom stereocenters. The van der Waals surface area contributed by atoms with Crippen LogP contribution in [-0.4, -0.2) is 121 Å². The first-order chi connectivity index (χ1) is 31.8. The molecule has 2 fully saturated rings. The van der Waals surface area contributed by atoms with Crippen LogP contribution in [0.1, 0.15) is 74.4 Å². The third kappa shape index (κ3) is 6.34. The van der Waals surface area contributed by atoms with Gasteiger partial charge in [0, 0.05) is 103 Å². The summed E-state index contributed by atoms with van der Waals surface area (Å²) in [5, 5.41) is 26.4. The number of aromatic nitrogens is 1. The van der Waals surface area contributed by atoms with Gasteiger partial charge in [-0.15, -0.1) is 0 Å². The zero-order chi connectivity index (χ0) is 46.3. The van der Waals surface area contributed by atoms with Crippen molar-refractivity contribution in [1.29, 1.82) is 0 Å². The number of nitrogens with one attached hydrogen (secondary N) is 1. The van der Waals surface area contributed by atoms with Crippen LogP contribution in [0.3, 0.4) is 0 Å². The van der Waals surface area contributed by atoms with Crippen molar-refractivity contribution in [2.45, 2.75) is 94.1 Å². The van der Waals surface area contributed by atoms with E-state index in [0.717, 1.165) is 72.4 Å². The van der Waals surface area contributed by atoms with Crippen molar-refractivity contribution in [1.82, 2.24) is 14.8 Å². The van der Waals surface area contributed by atoms with Crippen molar-refractivity contribution >= 4 is 34.2 Å². The van der Waals surface area contributed by atoms with Gasteiger partial charge in [-0.05, 0) is 85.5 Å². The number of non-ortho nitro benzene ring substituents is 1. The van der Waals surface area contributed by atoms with Gasteiger partial charge >= 0.3 is 11.9 Å². The number of esters is 2. The minimum absolute atomic E-state index is 0.0204. The van der Waals surface area contributed by atoms with E-state index in [1.54, 1.807) is 19.2 Å². The molecule has 348 valence electrons. The van der Waals surface area contributed by atoms with Gasteiger partial charge in [0.25, 0.3) is 5.69 Å². The third-order valence-electron chi connectivity index (χ3n) is 16.4. The summed E-state index contributed by atoms with van der Waals surface area (Å²) in [6.45, 7) is 9.51. The first-order valence-corrected chi connectivity index (χ1v) is 23.5. The highest BCUT2D eigenvalue weighted by atomic mass is 16.6. The number of aliphatic hydroxyl groups is 1. The second-order valence-corrected chi connectivity index (χ2v) is 19.6. The van der Waals surface area contributed by atoms with Crippen molar-refractivity contribution < 1.29 is 38.6 Å². The van der Waals surface area contributed by atoms with Crippen LogP contribution < -0.4 is 9.64 Å². The smallest absolute Gasteiger partial charge is 0.322 e. The molecule has 10 rings (SSSR count). The Kier molecular flexibility index (Phi) is 11.0. The second-order valence-electron chi connectivity index (χ2n) is 19.6. The molecule has 3 aromatic carbocycles. The summed E-state index contributed by atoms with van der Waals surface area (Å²) in [5.41, 5.74) is 2.73. The molecule has 1 saturated carbocycles. The molecule has 66 heavy (non-hydrogen) atoms. The summed E-state index contributed by atoms with van der Waals surface area (Å²) in [6.07, 6.45) is 9.01. The van der Waals surface area contributed by atoms with Crippen molar-refractivity contribution in [3.8, 4) is 5.75 Å². The predicted octanol–water partition coefficient (Wildman–Crippen LogP) is 6.75. The lowest BCUT2D eigenvalue weighted by Gasteiger charge is -2.64. The number of nitro benzene ring substituents is 1. The number of nitrogens with zero attached hydrogens (tertiary/aromatic N) is 4. The number of carbonyl (C=O) groups is 2. The highest BCUT2D eigenvalue weighted by molar-refractivity contribution is 5.94. The van der Waals surface area contributed by atoms with Gasteiger partial charge in [0.2, 0.25) is 0 Å². The average molecular weight is 900 g/mol. The lowest BCUT2D eigenvalue weighted by Crippen LogP contribution is -2.80. The molecule has 0 amide bonds. The van der Waals surface area contributed by atoms with E-state index in [1.807, 2.05) is 19.2 Å². The monoisotopic (exact) mass is 899 g/mol.